The zero-order valence-corrected chi connectivity index (χ0v) is 12.4. The maximum Gasteiger partial charge on any atom is 0.122 e. The molecule has 106 valence electrons. The summed E-state index contributed by atoms with van der Waals surface area (Å²) in [5, 5.41) is 3.53. The Balaban J connectivity index is 1.62. The number of hydrogen-bond donors (Lipinski definition) is 1. The maximum atomic E-state index is 5.84. The van der Waals surface area contributed by atoms with Gasteiger partial charge in [0.15, 0.2) is 0 Å². The van der Waals surface area contributed by atoms with Gasteiger partial charge in [-0.05, 0) is 56.3 Å². The molecule has 1 aromatic carbocycles. The fourth-order valence-electron chi connectivity index (χ4n) is 2.81. The molecule has 2 heteroatoms. The van der Waals surface area contributed by atoms with Crippen LogP contribution in [-0.2, 0) is 0 Å². The van der Waals surface area contributed by atoms with Crippen molar-refractivity contribution in [3.05, 3.63) is 29.3 Å². The number of nitrogens with one attached hydrogen (secondary N) is 1. The van der Waals surface area contributed by atoms with Crippen molar-refractivity contribution < 1.29 is 4.74 Å². The normalized spacial score (nSPS) is 16.5. The predicted octanol–water partition coefficient (Wildman–Crippen LogP) is 3.85. The van der Waals surface area contributed by atoms with E-state index in [-0.39, 0.29) is 0 Å². The second-order valence-electron chi connectivity index (χ2n) is 5.75. The molecule has 0 amide bonds. The van der Waals surface area contributed by atoms with Crippen molar-refractivity contribution >= 4 is 0 Å². The Kier molecular flexibility index (Phi) is 5.71. The summed E-state index contributed by atoms with van der Waals surface area (Å²) in [7, 11) is 0. The lowest BCUT2D eigenvalue weighted by atomic mass is 9.89. The largest absolute Gasteiger partial charge is 0.492 e. The first-order valence-corrected chi connectivity index (χ1v) is 7.67. The molecule has 1 aliphatic rings. The Hall–Kier alpha value is -1.02. The van der Waals surface area contributed by atoms with Gasteiger partial charge in [-0.1, -0.05) is 31.4 Å². The van der Waals surface area contributed by atoms with Crippen molar-refractivity contribution in [2.45, 2.75) is 46.0 Å². The van der Waals surface area contributed by atoms with Gasteiger partial charge in [-0.15, -0.1) is 0 Å². The maximum absolute atomic E-state index is 5.84. The molecule has 0 unspecified atom stereocenters. The SMILES string of the molecule is Cc1cccc(OCCNCC2CCCCC2)c1C. The fourth-order valence-corrected chi connectivity index (χ4v) is 2.81. The van der Waals surface area contributed by atoms with Gasteiger partial charge in [0.25, 0.3) is 0 Å². The van der Waals surface area contributed by atoms with Crippen LogP contribution in [0.5, 0.6) is 5.75 Å². The van der Waals surface area contributed by atoms with E-state index in [1.165, 1.54) is 43.2 Å². The smallest absolute Gasteiger partial charge is 0.122 e. The molecule has 0 aliphatic heterocycles. The molecule has 1 N–H and O–H groups in total. The van der Waals surface area contributed by atoms with Crippen LogP contribution in [0.25, 0.3) is 0 Å². The lowest BCUT2D eigenvalue weighted by Crippen LogP contribution is -2.28. The third kappa shape index (κ3) is 4.54. The summed E-state index contributed by atoms with van der Waals surface area (Å²) in [6.07, 6.45) is 7.10. The first-order valence-electron chi connectivity index (χ1n) is 7.67. The Bertz CT molecular complexity index is 383. The fraction of sp³-hybridized carbons (Fsp3) is 0.647. The Labute approximate surface area is 117 Å². The van der Waals surface area contributed by atoms with Crippen molar-refractivity contribution in [2.75, 3.05) is 19.7 Å². The van der Waals surface area contributed by atoms with E-state index in [1.54, 1.807) is 0 Å². The summed E-state index contributed by atoms with van der Waals surface area (Å²) in [6, 6.07) is 6.25. The number of benzene rings is 1. The molecule has 1 fully saturated rings. The molecule has 0 saturated heterocycles. The van der Waals surface area contributed by atoms with Gasteiger partial charge < -0.3 is 10.1 Å². The van der Waals surface area contributed by atoms with Gasteiger partial charge in [0.1, 0.15) is 12.4 Å². The van der Waals surface area contributed by atoms with Crippen LogP contribution in [-0.4, -0.2) is 19.7 Å². The van der Waals surface area contributed by atoms with E-state index >= 15 is 0 Å². The number of ether oxygens (including phenoxy) is 1. The van der Waals surface area contributed by atoms with Crippen LogP contribution in [0.15, 0.2) is 18.2 Å². The summed E-state index contributed by atoms with van der Waals surface area (Å²) in [5.41, 5.74) is 2.56. The minimum absolute atomic E-state index is 0.761. The van der Waals surface area contributed by atoms with Gasteiger partial charge >= 0.3 is 0 Å². The van der Waals surface area contributed by atoms with Gasteiger partial charge in [-0.25, -0.2) is 0 Å². The standard InChI is InChI=1S/C17H27NO/c1-14-7-6-10-17(15(14)2)19-12-11-18-13-16-8-4-3-5-9-16/h6-7,10,16,18H,3-5,8-9,11-13H2,1-2H3. The van der Waals surface area contributed by atoms with Crippen LogP contribution in [0.2, 0.25) is 0 Å². The third-order valence-corrected chi connectivity index (χ3v) is 4.25. The Morgan fingerprint density at radius 2 is 1.95 bits per heavy atom. The zero-order chi connectivity index (χ0) is 13.5. The summed E-state index contributed by atoms with van der Waals surface area (Å²) < 4.78 is 5.84. The van der Waals surface area contributed by atoms with Crippen molar-refractivity contribution in [1.29, 1.82) is 0 Å². The van der Waals surface area contributed by atoms with Crippen LogP contribution in [0, 0.1) is 19.8 Å². The molecule has 0 radical (unpaired) electrons. The molecule has 0 bridgehead atoms. The zero-order valence-electron chi connectivity index (χ0n) is 12.4. The van der Waals surface area contributed by atoms with E-state index in [0.717, 1.165) is 31.4 Å². The quantitative estimate of drug-likeness (QED) is 0.785. The summed E-state index contributed by atoms with van der Waals surface area (Å²) in [6.45, 7) is 7.13. The lowest BCUT2D eigenvalue weighted by molar-refractivity contribution is 0.293. The molecule has 1 aliphatic carbocycles. The first kappa shape index (κ1) is 14.4. The summed E-state index contributed by atoms with van der Waals surface area (Å²) in [5.74, 6) is 1.92. The number of rotatable bonds is 6. The van der Waals surface area contributed by atoms with Gasteiger partial charge in [0.2, 0.25) is 0 Å². The van der Waals surface area contributed by atoms with Crippen molar-refractivity contribution in [2.24, 2.45) is 5.92 Å². The highest BCUT2D eigenvalue weighted by atomic mass is 16.5. The second kappa shape index (κ2) is 7.54. The minimum Gasteiger partial charge on any atom is -0.492 e. The highest BCUT2D eigenvalue weighted by molar-refractivity contribution is 5.38. The molecular formula is C17H27NO. The van der Waals surface area contributed by atoms with Gasteiger partial charge in [-0.2, -0.15) is 0 Å². The molecule has 1 saturated carbocycles. The highest BCUT2D eigenvalue weighted by Gasteiger charge is 2.12. The van der Waals surface area contributed by atoms with Gasteiger partial charge in [-0.3, -0.25) is 0 Å². The molecular weight excluding hydrogens is 234 g/mol. The van der Waals surface area contributed by atoms with Crippen molar-refractivity contribution in [1.82, 2.24) is 5.32 Å². The molecule has 2 nitrogen and oxygen atoms in total. The van der Waals surface area contributed by atoms with E-state index in [9.17, 15) is 0 Å². The molecule has 0 atom stereocenters. The average molecular weight is 261 g/mol. The second-order valence-corrected chi connectivity index (χ2v) is 5.75. The van der Waals surface area contributed by atoms with Gasteiger partial charge in [0, 0.05) is 6.54 Å². The van der Waals surface area contributed by atoms with Crippen LogP contribution >= 0.6 is 0 Å². The van der Waals surface area contributed by atoms with E-state index < -0.39 is 0 Å². The van der Waals surface area contributed by atoms with Crippen LogP contribution in [0.3, 0.4) is 0 Å². The lowest BCUT2D eigenvalue weighted by Gasteiger charge is -2.21. The van der Waals surface area contributed by atoms with Crippen LogP contribution in [0.1, 0.15) is 43.2 Å². The van der Waals surface area contributed by atoms with Crippen LogP contribution in [0.4, 0.5) is 0 Å². The first-order chi connectivity index (χ1) is 9.27. The summed E-state index contributed by atoms with van der Waals surface area (Å²) in [4.78, 5) is 0. The Morgan fingerprint density at radius 3 is 2.74 bits per heavy atom. The predicted molar refractivity (Wildman–Crippen MR) is 80.9 cm³/mol. The number of hydrogen-bond acceptors (Lipinski definition) is 2. The third-order valence-electron chi connectivity index (χ3n) is 4.25. The Morgan fingerprint density at radius 1 is 1.16 bits per heavy atom. The van der Waals surface area contributed by atoms with E-state index in [4.69, 9.17) is 4.74 Å². The average Bonchev–Trinajstić information content (AvgIpc) is 2.44. The van der Waals surface area contributed by atoms with Gasteiger partial charge in [0.05, 0.1) is 0 Å². The van der Waals surface area contributed by atoms with E-state index in [2.05, 4.69) is 37.4 Å². The molecule has 1 aromatic rings. The summed E-state index contributed by atoms with van der Waals surface area (Å²) >= 11 is 0. The molecule has 0 heterocycles. The van der Waals surface area contributed by atoms with E-state index in [1.807, 2.05) is 0 Å². The highest BCUT2D eigenvalue weighted by Crippen LogP contribution is 2.23. The molecule has 0 spiro atoms. The van der Waals surface area contributed by atoms with E-state index in [0.29, 0.717) is 0 Å². The molecule has 19 heavy (non-hydrogen) atoms. The topological polar surface area (TPSA) is 21.3 Å². The van der Waals surface area contributed by atoms with Crippen molar-refractivity contribution in [3.63, 3.8) is 0 Å². The molecule has 0 aromatic heterocycles. The monoisotopic (exact) mass is 261 g/mol. The van der Waals surface area contributed by atoms with Crippen LogP contribution < -0.4 is 10.1 Å². The molecule has 2 rings (SSSR count). The minimum atomic E-state index is 0.761. The number of aryl methyl sites for hydroxylation is 1. The van der Waals surface area contributed by atoms with Crippen molar-refractivity contribution in [3.8, 4) is 5.75 Å².